The predicted octanol–water partition coefficient (Wildman–Crippen LogP) is 0.914. The molecule has 0 spiro atoms. The average molecular weight is 322 g/mol. The molecule has 0 unspecified atom stereocenters. The van der Waals surface area contributed by atoms with Gasteiger partial charge in [0, 0.05) is 5.54 Å². The topological polar surface area (TPSA) is 83.8 Å². The van der Waals surface area contributed by atoms with Crippen molar-refractivity contribution in [1.82, 2.24) is 9.97 Å². The molecule has 0 aliphatic carbocycles. The highest BCUT2D eigenvalue weighted by atomic mass is 127. The Morgan fingerprint density at radius 2 is 2.33 bits per heavy atom. The van der Waals surface area contributed by atoms with E-state index in [9.17, 15) is 4.79 Å². The molecule has 1 aromatic heterocycles. The number of H-pyrrole nitrogens is 1. The lowest BCUT2D eigenvalue weighted by Crippen LogP contribution is -2.35. The molecule has 0 amide bonds. The van der Waals surface area contributed by atoms with E-state index in [0.717, 1.165) is 6.42 Å². The molecule has 0 fully saturated rings. The number of anilines is 1. The largest absolute Gasteiger partial charge is 0.364 e. The Labute approximate surface area is 102 Å². The van der Waals surface area contributed by atoms with Crippen LogP contribution < -0.4 is 16.6 Å². The summed E-state index contributed by atoms with van der Waals surface area (Å²) in [6.07, 6.45) is 2.21. The van der Waals surface area contributed by atoms with E-state index in [1.807, 2.05) is 36.4 Å². The van der Waals surface area contributed by atoms with Crippen LogP contribution in [0.2, 0.25) is 0 Å². The van der Waals surface area contributed by atoms with Crippen LogP contribution in [0.5, 0.6) is 0 Å². The Kier molecular flexibility index (Phi) is 4.09. The van der Waals surface area contributed by atoms with Crippen molar-refractivity contribution < 1.29 is 0 Å². The van der Waals surface area contributed by atoms with Gasteiger partial charge in [-0.2, -0.15) is 0 Å². The minimum atomic E-state index is -0.157. The highest BCUT2D eigenvalue weighted by molar-refractivity contribution is 14.1. The van der Waals surface area contributed by atoms with Crippen LogP contribution in [0, 0.1) is 3.57 Å². The number of aromatic amines is 1. The van der Waals surface area contributed by atoms with E-state index in [2.05, 4.69) is 15.3 Å². The van der Waals surface area contributed by atoms with Crippen LogP contribution in [0.25, 0.3) is 0 Å². The zero-order chi connectivity index (χ0) is 11.5. The van der Waals surface area contributed by atoms with E-state index in [-0.39, 0.29) is 11.1 Å². The van der Waals surface area contributed by atoms with Gasteiger partial charge in [0.15, 0.2) is 0 Å². The minimum absolute atomic E-state index is 0.128. The first-order valence-electron chi connectivity index (χ1n) is 4.68. The molecular formula is C9H15IN4O. The van der Waals surface area contributed by atoms with Crippen LogP contribution in [0.3, 0.4) is 0 Å². The molecule has 0 aliphatic rings. The molecular weight excluding hydrogens is 307 g/mol. The first kappa shape index (κ1) is 12.4. The Balaban J connectivity index is 2.90. The van der Waals surface area contributed by atoms with Crippen LogP contribution in [0.15, 0.2) is 11.1 Å². The van der Waals surface area contributed by atoms with Crippen molar-refractivity contribution in [1.29, 1.82) is 0 Å². The second-order valence-electron chi connectivity index (χ2n) is 3.94. The third-order valence-corrected chi connectivity index (χ3v) is 3.02. The van der Waals surface area contributed by atoms with E-state index in [4.69, 9.17) is 5.73 Å². The molecule has 1 heterocycles. The van der Waals surface area contributed by atoms with Crippen molar-refractivity contribution >= 4 is 28.4 Å². The number of nitrogens with one attached hydrogen (secondary N) is 2. The molecule has 0 atom stereocenters. The van der Waals surface area contributed by atoms with Crippen LogP contribution in [0.1, 0.15) is 20.3 Å². The van der Waals surface area contributed by atoms with E-state index in [1.54, 1.807) is 0 Å². The van der Waals surface area contributed by atoms with E-state index < -0.39 is 0 Å². The third kappa shape index (κ3) is 3.45. The maximum absolute atomic E-state index is 11.3. The molecule has 5 nitrogen and oxygen atoms in total. The molecule has 1 rings (SSSR count). The number of aromatic nitrogens is 2. The van der Waals surface area contributed by atoms with Crippen molar-refractivity contribution in [2.75, 3.05) is 11.9 Å². The van der Waals surface area contributed by atoms with Gasteiger partial charge in [0.05, 0.1) is 6.33 Å². The van der Waals surface area contributed by atoms with E-state index in [1.165, 1.54) is 6.33 Å². The van der Waals surface area contributed by atoms with Crippen molar-refractivity contribution in [2.45, 2.75) is 25.8 Å². The second kappa shape index (κ2) is 4.93. The lowest BCUT2D eigenvalue weighted by atomic mass is 10.0. The monoisotopic (exact) mass is 322 g/mol. The quantitative estimate of drug-likeness (QED) is 0.720. The van der Waals surface area contributed by atoms with Gasteiger partial charge in [-0.3, -0.25) is 4.79 Å². The van der Waals surface area contributed by atoms with Gasteiger partial charge in [0.1, 0.15) is 9.39 Å². The molecule has 6 heteroatoms. The highest BCUT2D eigenvalue weighted by Gasteiger charge is 2.18. The highest BCUT2D eigenvalue weighted by Crippen LogP contribution is 2.17. The van der Waals surface area contributed by atoms with Crippen LogP contribution >= 0.6 is 22.6 Å². The molecule has 0 aromatic carbocycles. The summed E-state index contributed by atoms with van der Waals surface area (Å²) in [7, 11) is 0. The van der Waals surface area contributed by atoms with Gasteiger partial charge in [-0.05, 0) is 49.4 Å². The molecule has 0 radical (unpaired) electrons. The first-order valence-corrected chi connectivity index (χ1v) is 5.75. The lowest BCUT2D eigenvalue weighted by molar-refractivity contribution is 0.523. The number of halogens is 1. The summed E-state index contributed by atoms with van der Waals surface area (Å²) in [6.45, 7) is 4.65. The van der Waals surface area contributed by atoms with Gasteiger partial charge in [-0.25, -0.2) is 4.98 Å². The van der Waals surface area contributed by atoms with Gasteiger partial charge in [0.25, 0.3) is 5.56 Å². The van der Waals surface area contributed by atoms with Crippen molar-refractivity contribution in [2.24, 2.45) is 5.73 Å². The number of nitrogens with two attached hydrogens (primary N) is 1. The number of hydrogen-bond donors (Lipinski definition) is 3. The van der Waals surface area contributed by atoms with E-state index >= 15 is 0 Å². The zero-order valence-corrected chi connectivity index (χ0v) is 11.0. The van der Waals surface area contributed by atoms with Crippen molar-refractivity contribution in [3.05, 3.63) is 20.3 Å². The van der Waals surface area contributed by atoms with Crippen LogP contribution in [0.4, 0.5) is 5.82 Å². The molecule has 15 heavy (non-hydrogen) atoms. The lowest BCUT2D eigenvalue weighted by Gasteiger charge is -2.26. The number of hydrogen-bond acceptors (Lipinski definition) is 4. The van der Waals surface area contributed by atoms with E-state index in [0.29, 0.717) is 15.9 Å². The average Bonchev–Trinajstić information content (AvgIpc) is 2.12. The van der Waals surface area contributed by atoms with Crippen molar-refractivity contribution in [3.8, 4) is 0 Å². The summed E-state index contributed by atoms with van der Waals surface area (Å²) < 4.78 is 0.570. The van der Waals surface area contributed by atoms with Crippen LogP contribution in [-0.2, 0) is 0 Å². The Bertz CT molecular complexity index is 388. The standard InChI is InChI=1S/C9H15IN4O/c1-9(2,3-4-11)14-7-6(10)8(15)13-5-12-7/h5H,3-4,11H2,1-2H3,(H2,12,13,14,15). The van der Waals surface area contributed by atoms with Gasteiger partial charge in [-0.15, -0.1) is 0 Å². The summed E-state index contributed by atoms with van der Waals surface area (Å²) >= 11 is 1.97. The normalized spacial score (nSPS) is 11.5. The first-order chi connectivity index (χ1) is 6.96. The molecule has 0 bridgehead atoms. The van der Waals surface area contributed by atoms with Crippen LogP contribution in [-0.4, -0.2) is 22.1 Å². The van der Waals surface area contributed by atoms with Crippen molar-refractivity contribution in [3.63, 3.8) is 0 Å². The summed E-state index contributed by atoms with van der Waals surface area (Å²) in [5.41, 5.74) is 5.22. The molecule has 0 aliphatic heterocycles. The SMILES string of the molecule is CC(C)(CCN)Nc1nc[nH]c(=O)c1I. The molecule has 84 valence electrons. The summed E-state index contributed by atoms with van der Waals surface area (Å²) in [6, 6.07) is 0. The number of rotatable bonds is 4. The van der Waals surface area contributed by atoms with Gasteiger partial charge in [0.2, 0.25) is 0 Å². The Morgan fingerprint density at radius 1 is 1.67 bits per heavy atom. The number of nitrogens with zero attached hydrogens (tertiary/aromatic N) is 1. The van der Waals surface area contributed by atoms with Gasteiger partial charge >= 0.3 is 0 Å². The second-order valence-corrected chi connectivity index (χ2v) is 5.02. The molecule has 1 aromatic rings. The Morgan fingerprint density at radius 3 is 2.93 bits per heavy atom. The Hall–Kier alpha value is -0.630. The van der Waals surface area contributed by atoms with Gasteiger partial charge in [-0.1, -0.05) is 0 Å². The predicted molar refractivity (Wildman–Crippen MR) is 68.9 cm³/mol. The molecule has 0 saturated carbocycles. The minimum Gasteiger partial charge on any atom is -0.364 e. The maximum Gasteiger partial charge on any atom is 0.266 e. The third-order valence-electron chi connectivity index (χ3n) is 2.02. The fourth-order valence-electron chi connectivity index (χ4n) is 1.21. The summed E-state index contributed by atoms with van der Waals surface area (Å²) in [5, 5.41) is 3.21. The smallest absolute Gasteiger partial charge is 0.266 e. The summed E-state index contributed by atoms with van der Waals surface area (Å²) in [4.78, 5) is 17.9. The maximum atomic E-state index is 11.3. The fourth-order valence-corrected chi connectivity index (χ4v) is 1.64. The molecule has 0 saturated heterocycles. The van der Waals surface area contributed by atoms with Gasteiger partial charge < -0.3 is 16.0 Å². The zero-order valence-electron chi connectivity index (χ0n) is 8.80. The molecule has 4 N–H and O–H groups in total. The fraction of sp³-hybridized carbons (Fsp3) is 0.556. The summed E-state index contributed by atoms with van der Waals surface area (Å²) in [5.74, 6) is 0.609.